The average Bonchev–Trinajstić information content (AvgIpc) is 2.70. The number of rotatable bonds is 7. The predicted molar refractivity (Wildman–Crippen MR) is 108 cm³/mol. The number of benzene rings is 2. The topological polar surface area (TPSA) is 69.6 Å². The van der Waals surface area contributed by atoms with Crippen LogP contribution in [0.3, 0.4) is 0 Å². The maximum atomic E-state index is 12.6. The maximum Gasteiger partial charge on any atom is 0.295 e. The molecule has 6 heteroatoms. The van der Waals surface area contributed by atoms with Crippen LogP contribution in [-0.4, -0.2) is 17.2 Å². The van der Waals surface area contributed by atoms with E-state index in [1.807, 2.05) is 38.1 Å². The molecular weight excluding hydrogens is 356 g/mol. The molecule has 144 valence electrons. The summed E-state index contributed by atoms with van der Waals surface area (Å²) in [5, 5.41) is 2.71. The zero-order valence-corrected chi connectivity index (χ0v) is 15.8. The number of pyridine rings is 1. The first kappa shape index (κ1) is 19.2. The van der Waals surface area contributed by atoms with Crippen LogP contribution < -0.4 is 20.5 Å². The molecule has 0 fully saturated rings. The Labute approximate surface area is 163 Å². The molecule has 3 rings (SSSR count). The number of aryl methyl sites for hydroxylation is 1. The van der Waals surface area contributed by atoms with Crippen molar-refractivity contribution in [2.24, 2.45) is 0 Å². The fourth-order valence-corrected chi connectivity index (χ4v) is 2.58. The zero-order valence-electron chi connectivity index (χ0n) is 15.8. The van der Waals surface area contributed by atoms with Gasteiger partial charge in [-0.15, -0.1) is 0 Å². The van der Waals surface area contributed by atoms with Gasteiger partial charge in [-0.05, 0) is 55.8 Å². The molecule has 0 unspecified atom stereocenters. The Bertz CT molecular complexity index is 992. The summed E-state index contributed by atoms with van der Waals surface area (Å²) in [6, 6.07) is 17.8. The van der Waals surface area contributed by atoms with E-state index >= 15 is 0 Å². The molecule has 6 nitrogen and oxygen atoms in total. The van der Waals surface area contributed by atoms with Gasteiger partial charge in [0.15, 0.2) is 0 Å². The molecule has 0 spiro atoms. The molecule has 0 aliphatic rings. The van der Waals surface area contributed by atoms with Gasteiger partial charge in [-0.25, -0.2) is 0 Å². The van der Waals surface area contributed by atoms with Gasteiger partial charge in [0.2, 0.25) is 0 Å². The van der Waals surface area contributed by atoms with Crippen molar-refractivity contribution < 1.29 is 14.4 Å². The summed E-state index contributed by atoms with van der Waals surface area (Å²) in [5.74, 6) is 0.217. The van der Waals surface area contributed by atoms with Gasteiger partial charge in [0.1, 0.15) is 17.9 Å². The number of hydrogen-bond acceptors (Lipinski definition) is 4. The molecule has 2 aromatic carbocycles. The molecule has 3 aromatic rings. The van der Waals surface area contributed by atoms with Crippen LogP contribution >= 0.6 is 0 Å². The highest BCUT2D eigenvalue weighted by atomic mass is 16.7. The number of hydrogen-bond donors (Lipinski definition) is 1. The lowest BCUT2D eigenvalue weighted by Crippen LogP contribution is -2.32. The third-order valence-corrected chi connectivity index (χ3v) is 4.07. The zero-order chi connectivity index (χ0) is 19.9. The molecule has 0 saturated carbocycles. The Morgan fingerprint density at radius 3 is 2.43 bits per heavy atom. The molecule has 0 aliphatic heterocycles. The van der Waals surface area contributed by atoms with E-state index in [1.54, 1.807) is 30.3 Å². The van der Waals surface area contributed by atoms with Gasteiger partial charge < -0.3 is 14.9 Å². The molecule has 28 heavy (non-hydrogen) atoms. The van der Waals surface area contributed by atoms with Gasteiger partial charge in [-0.1, -0.05) is 29.8 Å². The lowest BCUT2D eigenvalue weighted by Gasteiger charge is -2.11. The van der Waals surface area contributed by atoms with Crippen LogP contribution in [0.4, 0.5) is 5.69 Å². The molecule has 0 bridgehead atoms. The summed E-state index contributed by atoms with van der Waals surface area (Å²) in [7, 11) is 0. The third-order valence-electron chi connectivity index (χ3n) is 4.07. The van der Waals surface area contributed by atoms with Crippen molar-refractivity contribution in [1.29, 1.82) is 0 Å². The average molecular weight is 378 g/mol. The summed E-state index contributed by atoms with van der Waals surface area (Å²) in [4.78, 5) is 30.6. The Morgan fingerprint density at radius 2 is 1.75 bits per heavy atom. The molecule has 1 N–H and O–H groups in total. The number of carbonyl (C=O) groups excluding carboxylic acids is 1. The number of carbonyl (C=O) groups is 1. The third kappa shape index (κ3) is 4.79. The number of aromatic nitrogens is 1. The Kier molecular flexibility index (Phi) is 6.11. The SMILES string of the molecule is CCOc1ccc(NC(=O)c2cccn(OCc3ccc(C)cc3)c2=O)cc1. The Morgan fingerprint density at radius 1 is 1.04 bits per heavy atom. The van der Waals surface area contributed by atoms with Gasteiger partial charge in [0, 0.05) is 11.9 Å². The highest BCUT2D eigenvalue weighted by Gasteiger charge is 2.13. The van der Waals surface area contributed by atoms with Crippen LogP contribution in [0.2, 0.25) is 0 Å². The minimum atomic E-state index is -0.516. The fraction of sp³-hybridized carbons (Fsp3) is 0.182. The van der Waals surface area contributed by atoms with Gasteiger partial charge in [-0.3, -0.25) is 9.59 Å². The van der Waals surface area contributed by atoms with E-state index in [2.05, 4.69) is 5.32 Å². The van der Waals surface area contributed by atoms with Gasteiger partial charge >= 0.3 is 0 Å². The first-order chi connectivity index (χ1) is 13.6. The molecule has 0 saturated heterocycles. The second-order valence-corrected chi connectivity index (χ2v) is 6.22. The Balaban J connectivity index is 1.69. The van der Waals surface area contributed by atoms with E-state index in [-0.39, 0.29) is 12.2 Å². The van der Waals surface area contributed by atoms with Crippen LogP contribution in [0, 0.1) is 6.92 Å². The van der Waals surface area contributed by atoms with E-state index < -0.39 is 11.5 Å². The monoisotopic (exact) mass is 378 g/mol. The largest absolute Gasteiger partial charge is 0.494 e. The van der Waals surface area contributed by atoms with Crippen LogP contribution in [-0.2, 0) is 6.61 Å². The first-order valence-corrected chi connectivity index (χ1v) is 9.01. The summed E-state index contributed by atoms with van der Waals surface area (Å²) in [6.07, 6.45) is 1.49. The minimum Gasteiger partial charge on any atom is -0.494 e. The van der Waals surface area contributed by atoms with Crippen molar-refractivity contribution in [1.82, 2.24) is 4.73 Å². The van der Waals surface area contributed by atoms with Crippen molar-refractivity contribution in [2.75, 3.05) is 11.9 Å². The van der Waals surface area contributed by atoms with E-state index in [0.29, 0.717) is 18.0 Å². The van der Waals surface area contributed by atoms with E-state index in [1.165, 1.54) is 12.3 Å². The van der Waals surface area contributed by atoms with Gasteiger partial charge in [0.25, 0.3) is 11.5 Å². The number of nitrogens with one attached hydrogen (secondary N) is 1. The fourth-order valence-electron chi connectivity index (χ4n) is 2.58. The van der Waals surface area contributed by atoms with Crippen LogP contribution in [0.15, 0.2) is 71.7 Å². The lowest BCUT2D eigenvalue weighted by atomic mass is 10.2. The molecule has 1 aromatic heterocycles. The standard InChI is InChI=1S/C22H22N2O4/c1-3-27-19-12-10-18(11-13-19)23-21(25)20-5-4-14-24(22(20)26)28-15-17-8-6-16(2)7-9-17/h4-14H,3,15H2,1-2H3,(H,23,25). The van der Waals surface area contributed by atoms with Crippen molar-refractivity contribution in [2.45, 2.75) is 20.5 Å². The van der Waals surface area contributed by atoms with Crippen molar-refractivity contribution >= 4 is 11.6 Å². The van der Waals surface area contributed by atoms with Crippen LogP contribution in [0.25, 0.3) is 0 Å². The van der Waals surface area contributed by atoms with Crippen molar-refractivity contribution in [3.63, 3.8) is 0 Å². The van der Waals surface area contributed by atoms with Gasteiger partial charge in [-0.2, -0.15) is 4.73 Å². The van der Waals surface area contributed by atoms with Crippen LogP contribution in [0.1, 0.15) is 28.4 Å². The highest BCUT2D eigenvalue weighted by Crippen LogP contribution is 2.16. The quantitative estimate of drug-likeness (QED) is 0.684. The molecule has 0 aliphatic carbocycles. The molecule has 1 heterocycles. The number of nitrogens with zero attached hydrogens (tertiary/aromatic N) is 1. The van der Waals surface area contributed by atoms with Gasteiger partial charge in [0.05, 0.1) is 6.61 Å². The lowest BCUT2D eigenvalue weighted by molar-refractivity contribution is 0.0863. The normalized spacial score (nSPS) is 10.4. The molecular formula is C22H22N2O4. The number of amides is 1. The van der Waals surface area contributed by atoms with E-state index in [4.69, 9.17) is 9.57 Å². The molecule has 0 radical (unpaired) electrons. The minimum absolute atomic E-state index is 0.000269. The van der Waals surface area contributed by atoms with E-state index in [9.17, 15) is 9.59 Å². The number of anilines is 1. The molecule has 0 atom stereocenters. The summed E-state index contributed by atoms with van der Waals surface area (Å²) >= 11 is 0. The van der Waals surface area contributed by atoms with E-state index in [0.717, 1.165) is 15.9 Å². The highest BCUT2D eigenvalue weighted by molar-refractivity contribution is 6.03. The first-order valence-electron chi connectivity index (χ1n) is 9.01. The number of ether oxygens (including phenoxy) is 1. The summed E-state index contributed by atoms with van der Waals surface area (Å²) in [6.45, 7) is 4.70. The summed E-state index contributed by atoms with van der Waals surface area (Å²) in [5.41, 5.74) is 2.14. The summed E-state index contributed by atoms with van der Waals surface area (Å²) < 4.78 is 6.45. The second-order valence-electron chi connectivity index (χ2n) is 6.22. The molecule has 1 amide bonds. The Hall–Kier alpha value is -3.54. The smallest absolute Gasteiger partial charge is 0.295 e. The van der Waals surface area contributed by atoms with Crippen molar-refractivity contribution in [3.8, 4) is 5.75 Å². The maximum absolute atomic E-state index is 12.6. The van der Waals surface area contributed by atoms with Crippen LogP contribution in [0.5, 0.6) is 5.75 Å². The predicted octanol–water partition coefficient (Wildman–Crippen LogP) is 3.44. The van der Waals surface area contributed by atoms with Crippen molar-refractivity contribution in [3.05, 3.63) is 93.9 Å². The second kappa shape index (κ2) is 8.90.